The Morgan fingerprint density at radius 3 is 1.53 bits per heavy atom. The molecular formula is C30H31NSi. The molecule has 5 rings (SSSR count). The molecule has 1 aliphatic rings. The van der Waals surface area contributed by atoms with Gasteiger partial charge in [0.05, 0.1) is 0 Å². The van der Waals surface area contributed by atoms with Gasteiger partial charge in [0.2, 0.25) is 0 Å². The van der Waals surface area contributed by atoms with Gasteiger partial charge in [0.25, 0.3) is 0 Å². The molecule has 0 amide bonds. The van der Waals surface area contributed by atoms with Crippen LogP contribution in [0.5, 0.6) is 0 Å². The van der Waals surface area contributed by atoms with Gasteiger partial charge in [-0.05, 0) is 33.0 Å². The van der Waals surface area contributed by atoms with E-state index in [9.17, 15) is 0 Å². The van der Waals surface area contributed by atoms with Gasteiger partial charge in [0.1, 0.15) is 0 Å². The van der Waals surface area contributed by atoms with Crippen molar-refractivity contribution >= 4 is 18.6 Å². The molecule has 0 aromatic heterocycles. The quantitative estimate of drug-likeness (QED) is 0.336. The maximum atomic E-state index is 2.88. The predicted molar refractivity (Wildman–Crippen MR) is 138 cm³/mol. The lowest BCUT2D eigenvalue weighted by atomic mass is 9.94. The first-order chi connectivity index (χ1) is 15.7. The van der Waals surface area contributed by atoms with Crippen LogP contribution in [0.1, 0.15) is 31.0 Å². The summed E-state index contributed by atoms with van der Waals surface area (Å²) in [6.07, 6.45) is 0. The fourth-order valence-corrected chi connectivity index (χ4v) is 12.2. The summed E-state index contributed by atoms with van der Waals surface area (Å²) in [7, 11) is -2.21. The monoisotopic (exact) mass is 433 g/mol. The second-order valence-electron chi connectivity index (χ2n) is 9.24. The van der Waals surface area contributed by atoms with Crippen molar-refractivity contribution in [3.05, 3.63) is 132 Å². The van der Waals surface area contributed by atoms with Crippen LogP contribution in [0.15, 0.2) is 121 Å². The molecule has 4 aromatic carbocycles. The molecule has 0 bridgehead atoms. The van der Waals surface area contributed by atoms with Gasteiger partial charge in [-0.2, -0.15) is 0 Å². The summed E-state index contributed by atoms with van der Waals surface area (Å²) in [6.45, 7) is 5.82. The minimum Gasteiger partial charge on any atom is -0.305 e. The lowest BCUT2D eigenvalue weighted by molar-refractivity contribution is 0.194. The van der Waals surface area contributed by atoms with Crippen LogP contribution in [0.3, 0.4) is 0 Å². The van der Waals surface area contributed by atoms with Crippen LogP contribution < -0.4 is 10.4 Å². The van der Waals surface area contributed by atoms with Crippen LogP contribution in [0, 0.1) is 5.92 Å². The van der Waals surface area contributed by atoms with Crippen molar-refractivity contribution < 1.29 is 0 Å². The number of hydrogen-bond acceptors (Lipinski definition) is 1. The van der Waals surface area contributed by atoms with Crippen molar-refractivity contribution in [3.63, 3.8) is 0 Å². The van der Waals surface area contributed by atoms with E-state index in [2.05, 4.69) is 140 Å². The minimum atomic E-state index is -2.21. The summed E-state index contributed by atoms with van der Waals surface area (Å²) in [4.78, 5) is 0. The summed E-state index contributed by atoms with van der Waals surface area (Å²) in [6, 6.07) is 45.3. The van der Waals surface area contributed by atoms with Crippen LogP contribution in [0.25, 0.3) is 0 Å². The molecule has 0 saturated carbocycles. The first kappa shape index (κ1) is 20.9. The summed E-state index contributed by atoms with van der Waals surface area (Å²) >= 11 is 0. The summed E-state index contributed by atoms with van der Waals surface area (Å²) < 4.78 is 2.88. The van der Waals surface area contributed by atoms with E-state index in [-0.39, 0.29) is 0 Å². The highest BCUT2D eigenvalue weighted by molar-refractivity contribution is 7.03. The zero-order chi connectivity index (χ0) is 22.0. The molecule has 0 N–H and O–H groups in total. The second-order valence-corrected chi connectivity index (χ2v) is 13.2. The third-order valence-electron chi connectivity index (χ3n) is 7.09. The van der Waals surface area contributed by atoms with Crippen molar-refractivity contribution in [3.8, 4) is 0 Å². The molecule has 1 aliphatic heterocycles. The van der Waals surface area contributed by atoms with Gasteiger partial charge in [0, 0.05) is 12.6 Å². The van der Waals surface area contributed by atoms with Crippen molar-refractivity contribution in [2.75, 3.05) is 0 Å². The van der Waals surface area contributed by atoms with Crippen molar-refractivity contribution in [1.29, 1.82) is 0 Å². The molecule has 1 heterocycles. The molecule has 0 radical (unpaired) electrons. The Morgan fingerprint density at radius 1 is 0.625 bits per heavy atom. The standard InChI is InChI=1S/C30H31NSi/c1-24(2)30-29(26-17-9-4-10-18-26)31(23-25-15-7-3-8-16-25)32(30,27-19-11-5-12-20-27)28-21-13-6-14-22-28/h3-22,24,29-30H,23H2,1-2H3. The average Bonchev–Trinajstić information content (AvgIpc) is 2.84. The third-order valence-corrected chi connectivity index (χ3v) is 12.8. The van der Waals surface area contributed by atoms with Gasteiger partial charge in [-0.3, -0.25) is 0 Å². The topological polar surface area (TPSA) is 3.24 Å². The van der Waals surface area contributed by atoms with Crippen molar-refractivity contribution in [1.82, 2.24) is 4.57 Å². The lowest BCUT2D eigenvalue weighted by Crippen LogP contribution is -2.82. The molecule has 0 spiro atoms. The number of benzene rings is 4. The number of rotatable bonds is 6. The van der Waals surface area contributed by atoms with E-state index in [1.807, 2.05) is 0 Å². The highest BCUT2D eigenvalue weighted by Gasteiger charge is 2.64. The number of hydrogen-bond donors (Lipinski definition) is 0. The second kappa shape index (κ2) is 8.89. The van der Waals surface area contributed by atoms with Gasteiger partial charge < -0.3 is 4.57 Å². The van der Waals surface area contributed by atoms with E-state index in [1.54, 1.807) is 0 Å². The average molecular weight is 434 g/mol. The Bertz CT molecular complexity index is 1090. The highest BCUT2D eigenvalue weighted by Crippen LogP contribution is 2.56. The van der Waals surface area contributed by atoms with Crippen LogP contribution in [-0.4, -0.2) is 12.8 Å². The molecule has 4 aromatic rings. The molecule has 2 atom stereocenters. The van der Waals surface area contributed by atoms with E-state index in [0.29, 0.717) is 17.5 Å². The van der Waals surface area contributed by atoms with E-state index in [0.717, 1.165) is 6.54 Å². The fourth-order valence-electron chi connectivity index (χ4n) is 5.91. The molecule has 0 aliphatic carbocycles. The van der Waals surface area contributed by atoms with Crippen LogP contribution in [0.4, 0.5) is 0 Å². The molecular weight excluding hydrogens is 402 g/mol. The molecule has 160 valence electrons. The van der Waals surface area contributed by atoms with E-state index < -0.39 is 8.24 Å². The van der Waals surface area contributed by atoms with Crippen LogP contribution in [-0.2, 0) is 6.54 Å². The Hall–Kier alpha value is -2.94. The van der Waals surface area contributed by atoms with Crippen LogP contribution >= 0.6 is 0 Å². The van der Waals surface area contributed by atoms with Gasteiger partial charge in [0.15, 0.2) is 8.24 Å². The maximum absolute atomic E-state index is 2.88. The normalized spacial score (nSPS) is 20.1. The summed E-state index contributed by atoms with van der Waals surface area (Å²) in [5.41, 5.74) is 3.43. The Morgan fingerprint density at radius 2 is 1.06 bits per heavy atom. The van der Waals surface area contributed by atoms with Gasteiger partial charge in [-0.25, -0.2) is 0 Å². The SMILES string of the molecule is CC(C)C1C(c2ccccc2)N(Cc2ccccc2)[Si]1(c1ccccc1)c1ccccc1. The van der Waals surface area contributed by atoms with Crippen molar-refractivity contribution in [2.45, 2.75) is 32.0 Å². The fraction of sp³-hybridized carbons (Fsp3) is 0.200. The predicted octanol–water partition coefficient (Wildman–Crippen LogP) is 6.03. The molecule has 32 heavy (non-hydrogen) atoms. The lowest BCUT2D eigenvalue weighted by Gasteiger charge is -2.65. The third kappa shape index (κ3) is 3.44. The Labute approximate surface area is 193 Å². The molecule has 1 fully saturated rings. The smallest absolute Gasteiger partial charge is 0.198 e. The molecule has 1 saturated heterocycles. The highest BCUT2D eigenvalue weighted by atomic mass is 28.3. The van der Waals surface area contributed by atoms with Gasteiger partial charge in [-0.15, -0.1) is 0 Å². The summed E-state index contributed by atoms with van der Waals surface area (Å²) in [5.74, 6) is 0.583. The first-order valence-corrected chi connectivity index (χ1v) is 13.7. The van der Waals surface area contributed by atoms with Gasteiger partial charge in [-0.1, -0.05) is 135 Å². The zero-order valence-corrected chi connectivity index (χ0v) is 19.9. The Kier molecular flexibility index (Phi) is 5.82. The number of nitrogens with zero attached hydrogens (tertiary/aromatic N) is 1. The molecule has 2 unspecified atom stereocenters. The van der Waals surface area contributed by atoms with E-state index in [1.165, 1.54) is 21.5 Å². The molecule has 1 nitrogen and oxygen atoms in total. The largest absolute Gasteiger partial charge is 0.305 e. The van der Waals surface area contributed by atoms with Gasteiger partial charge >= 0.3 is 0 Å². The minimum absolute atomic E-state index is 0.420. The van der Waals surface area contributed by atoms with Crippen molar-refractivity contribution in [2.24, 2.45) is 5.92 Å². The van der Waals surface area contributed by atoms with E-state index in [4.69, 9.17) is 0 Å². The Balaban J connectivity index is 1.75. The summed E-state index contributed by atoms with van der Waals surface area (Å²) in [5, 5.41) is 3.04. The van der Waals surface area contributed by atoms with Crippen LogP contribution in [0.2, 0.25) is 5.54 Å². The zero-order valence-electron chi connectivity index (χ0n) is 18.9. The maximum Gasteiger partial charge on any atom is 0.198 e. The van der Waals surface area contributed by atoms with E-state index >= 15 is 0 Å². The first-order valence-electron chi connectivity index (χ1n) is 11.7. The molecule has 2 heteroatoms.